The van der Waals surface area contributed by atoms with Crippen LogP contribution >= 0.6 is 0 Å². The first-order chi connectivity index (χ1) is 14.8. The number of amides is 2. The Morgan fingerprint density at radius 3 is 2.39 bits per heavy atom. The molecule has 1 saturated heterocycles. The molecule has 0 radical (unpaired) electrons. The van der Waals surface area contributed by atoms with Gasteiger partial charge in [0.15, 0.2) is 0 Å². The molecule has 2 aliphatic rings. The van der Waals surface area contributed by atoms with Crippen LogP contribution in [-0.4, -0.2) is 34.7 Å². The van der Waals surface area contributed by atoms with Crippen molar-refractivity contribution in [3.8, 4) is 0 Å². The molecule has 9 heteroatoms. The smallest absolute Gasteiger partial charge is 0.282 e. The number of carbonyl (C=O) groups is 2. The summed E-state index contributed by atoms with van der Waals surface area (Å²) in [5.41, 5.74) is 0.0145. The number of benzene rings is 2. The molecule has 0 N–H and O–H groups in total. The highest BCUT2D eigenvalue weighted by Gasteiger charge is 2.44. The minimum Gasteiger partial charge on any atom is -0.366 e. The summed E-state index contributed by atoms with van der Waals surface area (Å²) in [5, 5.41) is 11.0. The van der Waals surface area contributed by atoms with Crippen molar-refractivity contribution in [2.24, 2.45) is 5.92 Å². The Morgan fingerprint density at radius 2 is 1.77 bits per heavy atom. The van der Waals surface area contributed by atoms with E-state index in [9.17, 15) is 28.5 Å². The van der Waals surface area contributed by atoms with Crippen LogP contribution in [0.1, 0.15) is 25.3 Å². The van der Waals surface area contributed by atoms with Crippen LogP contribution in [0.15, 0.2) is 48.2 Å². The molecule has 1 unspecified atom stereocenters. The first-order valence-corrected chi connectivity index (χ1v) is 9.86. The topological polar surface area (TPSA) is 83.8 Å². The molecular formula is C22H19F2N3O4. The average Bonchev–Trinajstić information content (AvgIpc) is 2.98. The summed E-state index contributed by atoms with van der Waals surface area (Å²) in [6, 6.07) is 7.94. The highest BCUT2D eigenvalue weighted by molar-refractivity contribution is 6.45. The number of piperidine rings is 1. The van der Waals surface area contributed by atoms with Gasteiger partial charge in [-0.1, -0.05) is 6.92 Å². The molecule has 31 heavy (non-hydrogen) atoms. The van der Waals surface area contributed by atoms with Gasteiger partial charge in [0.2, 0.25) is 0 Å². The monoisotopic (exact) mass is 427 g/mol. The lowest BCUT2D eigenvalue weighted by Gasteiger charge is -2.33. The third-order valence-corrected chi connectivity index (χ3v) is 5.55. The van der Waals surface area contributed by atoms with Crippen molar-refractivity contribution in [1.82, 2.24) is 4.90 Å². The molecule has 160 valence electrons. The van der Waals surface area contributed by atoms with Gasteiger partial charge < -0.3 is 4.90 Å². The van der Waals surface area contributed by atoms with E-state index in [1.807, 2.05) is 11.8 Å². The molecule has 1 fully saturated rings. The molecule has 0 bridgehead atoms. The van der Waals surface area contributed by atoms with E-state index in [1.165, 1.54) is 24.3 Å². The summed E-state index contributed by atoms with van der Waals surface area (Å²) in [6.07, 6.45) is 1.81. The average molecular weight is 427 g/mol. The number of imide groups is 1. The SMILES string of the molecule is CC1CCCN(C2=C(c3ccc([N+](=O)[O-])cc3)C(=O)N(c3ccc(F)cc3F)C2=O)C1. The van der Waals surface area contributed by atoms with Crippen LogP contribution < -0.4 is 4.90 Å². The van der Waals surface area contributed by atoms with Crippen LogP contribution in [0.25, 0.3) is 5.57 Å². The van der Waals surface area contributed by atoms with Crippen molar-refractivity contribution in [3.05, 3.63) is 75.5 Å². The Kier molecular flexibility index (Phi) is 5.26. The van der Waals surface area contributed by atoms with E-state index in [-0.39, 0.29) is 22.6 Å². The van der Waals surface area contributed by atoms with Crippen molar-refractivity contribution >= 4 is 28.8 Å². The number of hydrogen-bond donors (Lipinski definition) is 0. The van der Waals surface area contributed by atoms with Gasteiger partial charge in [-0.3, -0.25) is 19.7 Å². The number of nitro benzene ring substituents is 1. The van der Waals surface area contributed by atoms with E-state index in [0.717, 1.165) is 25.0 Å². The zero-order valence-corrected chi connectivity index (χ0v) is 16.7. The Morgan fingerprint density at radius 1 is 1.06 bits per heavy atom. The molecule has 4 rings (SSSR count). The van der Waals surface area contributed by atoms with Gasteiger partial charge in [0, 0.05) is 31.3 Å². The summed E-state index contributed by atoms with van der Waals surface area (Å²) < 4.78 is 27.8. The zero-order valence-electron chi connectivity index (χ0n) is 16.7. The molecule has 0 spiro atoms. The largest absolute Gasteiger partial charge is 0.366 e. The molecule has 2 aromatic rings. The minimum atomic E-state index is -1.03. The number of nitrogens with zero attached hydrogens (tertiary/aromatic N) is 3. The second-order valence-corrected chi connectivity index (χ2v) is 7.76. The van der Waals surface area contributed by atoms with Crippen molar-refractivity contribution in [2.75, 3.05) is 18.0 Å². The molecular weight excluding hydrogens is 408 g/mol. The lowest BCUT2D eigenvalue weighted by Crippen LogP contribution is -2.39. The fourth-order valence-corrected chi connectivity index (χ4v) is 4.10. The van der Waals surface area contributed by atoms with Gasteiger partial charge in [0.25, 0.3) is 17.5 Å². The molecule has 1 atom stereocenters. The highest BCUT2D eigenvalue weighted by Crippen LogP contribution is 2.37. The van der Waals surface area contributed by atoms with E-state index in [0.29, 0.717) is 35.5 Å². The fourth-order valence-electron chi connectivity index (χ4n) is 4.10. The van der Waals surface area contributed by atoms with Crippen molar-refractivity contribution in [1.29, 1.82) is 0 Å². The maximum atomic E-state index is 14.5. The Labute approximate surface area is 176 Å². The number of likely N-dealkylation sites (tertiary alicyclic amines) is 1. The molecule has 2 heterocycles. The molecule has 0 saturated carbocycles. The summed E-state index contributed by atoms with van der Waals surface area (Å²) in [6.45, 7) is 3.14. The van der Waals surface area contributed by atoms with Crippen LogP contribution in [-0.2, 0) is 9.59 Å². The van der Waals surface area contributed by atoms with Crippen molar-refractivity contribution in [2.45, 2.75) is 19.8 Å². The third kappa shape index (κ3) is 3.67. The van der Waals surface area contributed by atoms with Crippen LogP contribution in [0.4, 0.5) is 20.2 Å². The Hall–Kier alpha value is -3.62. The van der Waals surface area contributed by atoms with E-state index in [4.69, 9.17) is 0 Å². The van der Waals surface area contributed by atoms with E-state index in [2.05, 4.69) is 0 Å². The summed E-state index contributed by atoms with van der Waals surface area (Å²) >= 11 is 0. The molecule has 7 nitrogen and oxygen atoms in total. The van der Waals surface area contributed by atoms with Crippen LogP contribution in [0.5, 0.6) is 0 Å². The van der Waals surface area contributed by atoms with Crippen molar-refractivity contribution in [3.63, 3.8) is 0 Å². The fraction of sp³-hybridized carbons (Fsp3) is 0.273. The first kappa shape index (κ1) is 20.6. The third-order valence-electron chi connectivity index (χ3n) is 5.55. The molecule has 0 aliphatic carbocycles. The number of carbonyl (C=O) groups excluding carboxylic acids is 2. The number of rotatable bonds is 4. The van der Waals surface area contributed by atoms with Gasteiger partial charge in [-0.25, -0.2) is 13.7 Å². The number of hydrogen-bond acceptors (Lipinski definition) is 5. The van der Waals surface area contributed by atoms with Gasteiger partial charge >= 0.3 is 0 Å². The molecule has 2 amide bonds. The lowest BCUT2D eigenvalue weighted by molar-refractivity contribution is -0.384. The molecule has 2 aromatic carbocycles. The van der Waals surface area contributed by atoms with Crippen molar-refractivity contribution < 1.29 is 23.3 Å². The maximum absolute atomic E-state index is 14.5. The quantitative estimate of drug-likeness (QED) is 0.420. The second kappa shape index (κ2) is 7.90. The predicted octanol–water partition coefficient (Wildman–Crippen LogP) is 3.89. The number of non-ortho nitro benzene ring substituents is 1. The first-order valence-electron chi connectivity index (χ1n) is 9.86. The number of anilines is 1. The highest BCUT2D eigenvalue weighted by atomic mass is 19.1. The summed E-state index contributed by atoms with van der Waals surface area (Å²) in [5.74, 6) is -3.01. The van der Waals surface area contributed by atoms with Crippen LogP contribution in [0, 0.1) is 27.7 Å². The van der Waals surface area contributed by atoms with E-state index in [1.54, 1.807) is 0 Å². The maximum Gasteiger partial charge on any atom is 0.282 e. The number of halogens is 2. The summed E-state index contributed by atoms with van der Waals surface area (Å²) in [7, 11) is 0. The molecule has 0 aromatic heterocycles. The van der Waals surface area contributed by atoms with Gasteiger partial charge in [0.05, 0.1) is 16.2 Å². The van der Waals surface area contributed by atoms with E-state index < -0.39 is 28.4 Å². The Bertz CT molecular complexity index is 1110. The lowest BCUT2D eigenvalue weighted by atomic mass is 9.97. The van der Waals surface area contributed by atoms with Crippen LogP contribution in [0.2, 0.25) is 0 Å². The van der Waals surface area contributed by atoms with Crippen LogP contribution in [0.3, 0.4) is 0 Å². The number of nitro groups is 1. The molecule has 2 aliphatic heterocycles. The van der Waals surface area contributed by atoms with Gasteiger partial charge in [-0.05, 0) is 48.6 Å². The second-order valence-electron chi connectivity index (χ2n) is 7.76. The standard InChI is InChI=1S/C22H19F2N3O4/c1-13-3-2-10-25(12-13)20-19(14-4-7-16(8-5-14)27(30)31)21(28)26(22(20)29)18-9-6-15(23)11-17(18)24/h4-9,11,13H,2-3,10,12H2,1H3. The predicted molar refractivity (Wildman–Crippen MR) is 109 cm³/mol. The minimum absolute atomic E-state index is 0.0534. The Balaban J connectivity index is 1.83. The van der Waals surface area contributed by atoms with Gasteiger partial charge in [0.1, 0.15) is 17.3 Å². The summed E-state index contributed by atoms with van der Waals surface area (Å²) in [4.78, 5) is 39.6. The zero-order chi connectivity index (χ0) is 22.3. The normalized spacial score (nSPS) is 19.4. The van der Waals surface area contributed by atoms with Gasteiger partial charge in [-0.2, -0.15) is 0 Å². The van der Waals surface area contributed by atoms with Gasteiger partial charge in [-0.15, -0.1) is 0 Å². The van der Waals surface area contributed by atoms with E-state index >= 15 is 0 Å².